The van der Waals surface area contributed by atoms with Crippen molar-refractivity contribution in [2.24, 2.45) is 0 Å². The summed E-state index contributed by atoms with van der Waals surface area (Å²) in [5.41, 5.74) is 1.24. The summed E-state index contributed by atoms with van der Waals surface area (Å²) in [6, 6.07) is 10.3. The Morgan fingerprint density at radius 3 is 2.33 bits per heavy atom. The number of hydrogen-bond donors (Lipinski definition) is 0. The highest BCUT2D eigenvalue weighted by Crippen LogP contribution is 2.14. The molecule has 0 atom stereocenters. The van der Waals surface area contributed by atoms with Crippen molar-refractivity contribution in [2.75, 3.05) is 0 Å². The second kappa shape index (κ2) is 5.75. The minimum atomic E-state index is 1.24. The zero-order valence-electron chi connectivity index (χ0n) is 6.37. The monoisotopic (exact) mass is 382 g/mol. The first-order valence-electron chi connectivity index (χ1n) is 3.53. The standard InChI is InChI=1S/C10H8I2/c11-10(12)8-4-7-9-5-2-1-3-6-9/h1-8H/b7-4+. The molecule has 0 unspecified atom stereocenters. The summed E-state index contributed by atoms with van der Waals surface area (Å²) in [6.07, 6.45) is 6.23. The zero-order valence-corrected chi connectivity index (χ0v) is 10.7. The smallest absolute Gasteiger partial charge is 0.0514 e. The Bertz CT molecular complexity index is 282. The molecule has 0 aliphatic rings. The third kappa shape index (κ3) is 4.25. The van der Waals surface area contributed by atoms with Crippen LogP contribution in [0.15, 0.2) is 44.1 Å². The lowest BCUT2D eigenvalue weighted by Crippen LogP contribution is -1.66. The summed E-state index contributed by atoms with van der Waals surface area (Å²) in [5, 5.41) is 0. The molecule has 0 amide bonds. The minimum Gasteiger partial charge on any atom is -0.0622 e. The van der Waals surface area contributed by atoms with Crippen LogP contribution in [0.3, 0.4) is 0 Å². The van der Waals surface area contributed by atoms with Gasteiger partial charge in [0.25, 0.3) is 0 Å². The number of halogens is 2. The van der Waals surface area contributed by atoms with Gasteiger partial charge in [0.1, 0.15) is 0 Å². The molecule has 0 aliphatic heterocycles. The van der Waals surface area contributed by atoms with Gasteiger partial charge >= 0.3 is 0 Å². The van der Waals surface area contributed by atoms with E-state index in [1.807, 2.05) is 18.2 Å². The summed E-state index contributed by atoms with van der Waals surface area (Å²) in [6.45, 7) is 0. The molecule has 0 nitrogen and oxygen atoms in total. The summed E-state index contributed by atoms with van der Waals surface area (Å²) in [5.74, 6) is 0. The van der Waals surface area contributed by atoms with Crippen molar-refractivity contribution < 1.29 is 0 Å². The maximum absolute atomic E-state index is 2.28. The fourth-order valence-corrected chi connectivity index (χ4v) is 1.21. The van der Waals surface area contributed by atoms with E-state index in [2.05, 4.69) is 75.5 Å². The fraction of sp³-hybridized carbons (Fsp3) is 0. The van der Waals surface area contributed by atoms with Gasteiger partial charge in [0.05, 0.1) is 1.59 Å². The van der Waals surface area contributed by atoms with E-state index in [0.717, 1.165) is 0 Å². The van der Waals surface area contributed by atoms with Crippen molar-refractivity contribution in [1.82, 2.24) is 0 Å². The molecule has 1 aromatic rings. The SMILES string of the molecule is IC(I)=C/C=C/c1ccccc1. The van der Waals surface area contributed by atoms with Crippen molar-refractivity contribution in [3.8, 4) is 0 Å². The van der Waals surface area contributed by atoms with Gasteiger partial charge in [-0.2, -0.15) is 0 Å². The topological polar surface area (TPSA) is 0 Å². The second-order valence-electron chi connectivity index (χ2n) is 2.23. The van der Waals surface area contributed by atoms with E-state index in [4.69, 9.17) is 0 Å². The predicted molar refractivity (Wildman–Crippen MR) is 71.6 cm³/mol. The first kappa shape index (κ1) is 10.2. The maximum atomic E-state index is 2.28. The molecule has 1 aromatic carbocycles. The second-order valence-corrected chi connectivity index (χ2v) is 6.61. The number of benzene rings is 1. The van der Waals surface area contributed by atoms with Gasteiger partial charge in [0.15, 0.2) is 0 Å². The van der Waals surface area contributed by atoms with Crippen LogP contribution in [-0.2, 0) is 0 Å². The Hall–Kier alpha value is 0.160. The molecule has 0 radical (unpaired) electrons. The van der Waals surface area contributed by atoms with E-state index in [-0.39, 0.29) is 0 Å². The molecule has 0 saturated carbocycles. The summed E-state index contributed by atoms with van der Waals surface area (Å²) >= 11 is 4.56. The molecule has 1 rings (SSSR count). The first-order chi connectivity index (χ1) is 5.79. The molecule has 12 heavy (non-hydrogen) atoms. The molecular weight excluding hydrogens is 374 g/mol. The first-order valence-corrected chi connectivity index (χ1v) is 5.69. The third-order valence-electron chi connectivity index (χ3n) is 1.31. The molecule has 0 aliphatic carbocycles. The highest BCUT2D eigenvalue weighted by molar-refractivity contribution is 14.2. The van der Waals surface area contributed by atoms with Crippen molar-refractivity contribution in [3.05, 3.63) is 49.6 Å². The zero-order chi connectivity index (χ0) is 8.81. The molecule has 0 fully saturated rings. The Morgan fingerprint density at radius 2 is 1.75 bits per heavy atom. The third-order valence-corrected chi connectivity index (χ3v) is 2.03. The highest BCUT2D eigenvalue weighted by atomic mass is 127. The molecule has 0 N–H and O–H groups in total. The average molecular weight is 382 g/mol. The molecule has 2 heteroatoms. The Morgan fingerprint density at radius 1 is 1.08 bits per heavy atom. The van der Waals surface area contributed by atoms with E-state index >= 15 is 0 Å². The highest BCUT2D eigenvalue weighted by Gasteiger charge is 1.80. The van der Waals surface area contributed by atoms with Crippen molar-refractivity contribution >= 4 is 51.3 Å². The summed E-state index contributed by atoms with van der Waals surface area (Å²) in [7, 11) is 0. The quantitative estimate of drug-likeness (QED) is 0.525. The summed E-state index contributed by atoms with van der Waals surface area (Å²) in [4.78, 5) is 0. The van der Waals surface area contributed by atoms with Gasteiger partial charge in [0, 0.05) is 0 Å². The van der Waals surface area contributed by atoms with Crippen molar-refractivity contribution in [2.45, 2.75) is 0 Å². The lowest BCUT2D eigenvalue weighted by Gasteiger charge is -1.88. The van der Waals surface area contributed by atoms with Gasteiger partial charge in [-0.3, -0.25) is 0 Å². The van der Waals surface area contributed by atoms with Gasteiger partial charge in [0.2, 0.25) is 0 Å². The lowest BCUT2D eigenvalue weighted by molar-refractivity contribution is 1.66. The van der Waals surface area contributed by atoms with Crippen LogP contribution in [-0.4, -0.2) is 0 Å². The largest absolute Gasteiger partial charge is 0.0622 e. The van der Waals surface area contributed by atoms with E-state index in [9.17, 15) is 0 Å². The van der Waals surface area contributed by atoms with Crippen LogP contribution in [0.5, 0.6) is 0 Å². The number of hydrogen-bond acceptors (Lipinski definition) is 0. The molecule has 0 saturated heterocycles. The molecule has 0 aromatic heterocycles. The maximum Gasteiger partial charge on any atom is 0.0514 e. The number of rotatable bonds is 2. The van der Waals surface area contributed by atoms with Crippen LogP contribution in [0.4, 0.5) is 0 Å². The van der Waals surface area contributed by atoms with E-state index < -0.39 is 0 Å². The Kier molecular flexibility index (Phi) is 4.90. The van der Waals surface area contributed by atoms with E-state index in [1.54, 1.807) is 0 Å². The fourth-order valence-electron chi connectivity index (χ4n) is 0.796. The van der Waals surface area contributed by atoms with Gasteiger partial charge in [-0.1, -0.05) is 42.5 Å². The van der Waals surface area contributed by atoms with Gasteiger partial charge < -0.3 is 0 Å². The Labute approximate surface area is 100 Å². The molecular formula is C10H8I2. The predicted octanol–water partition coefficient (Wildman–Crippen LogP) is 4.41. The number of allylic oxidation sites excluding steroid dienone is 2. The molecule has 0 heterocycles. The van der Waals surface area contributed by atoms with Gasteiger partial charge in [-0.25, -0.2) is 0 Å². The normalized spacial score (nSPS) is 10.2. The van der Waals surface area contributed by atoms with Crippen molar-refractivity contribution in [3.63, 3.8) is 0 Å². The van der Waals surface area contributed by atoms with Gasteiger partial charge in [-0.05, 0) is 56.8 Å². The van der Waals surface area contributed by atoms with Crippen LogP contribution in [0, 0.1) is 0 Å². The van der Waals surface area contributed by atoms with Crippen LogP contribution < -0.4 is 0 Å². The van der Waals surface area contributed by atoms with Crippen molar-refractivity contribution in [1.29, 1.82) is 0 Å². The van der Waals surface area contributed by atoms with Crippen LogP contribution in [0.1, 0.15) is 5.56 Å². The van der Waals surface area contributed by atoms with Crippen LogP contribution in [0.2, 0.25) is 0 Å². The Balaban J connectivity index is 2.64. The lowest BCUT2D eigenvalue weighted by atomic mass is 10.2. The molecule has 0 bridgehead atoms. The van der Waals surface area contributed by atoms with E-state index in [0.29, 0.717) is 0 Å². The average Bonchev–Trinajstić information content (AvgIpc) is 2.05. The van der Waals surface area contributed by atoms with E-state index in [1.165, 1.54) is 7.15 Å². The van der Waals surface area contributed by atoms with Gasteiger partial charge in [-0.15, -0.1) is 0 Å². The minimum absolute atomic E-state index is 1.24. The summed E-state index contributed by atoms with van der Waals surface area (Å²) < 4.78 is 1.26. The van der Waals surface area contributed by atoms with Crippen LogP contribution >= 0.6 is 45.2 Å². The molecule has 0 spiro atoms. The van der Waals surface area contributed by atoms with Crippen LogP contribution in [0.25, 0.3) is 6.08 Å². The molecule has 62 valence electrons.